The van der Waals surface area contributed by atoms with Gasteiger partial charge in [0.1, 0.15) is 9.73 Å². The van der Waals surface area contributed by atoms with E-state index in [0.717, 1.165) is 27.2 Å². The Hall–Kier alpha value is -2.43. The number of rotatable bonds is 4. The molecule has 0 N–H and O–H groups in total. The summed E-state index contributed by atoms with van der Waals surface area (Å²) >= 11 is 13.5. The first kappa shape index (κ1) is 24.3. The molecule has 1 aliphatic rings. The number of amides is 1. The third-order valence-electron chi connectivity index (χ3n) is 6.14. The van der Waals surface area contributed by atoms with Crippen LogP contribution in [0, 0.1) is 13.8 Å². The van der Waals surface area contributed by atoms with Gasteiger partial charge in [0.25, 0.3) is 5.91 Å². The van der Waals surface area contributed by atoms with Crippen LogP contribution in [0.1, 0.15) is 20.9 Å². The summed E-state index contributed by atoms with van der Waals surface area (Å²) in [7, 11) is -3.82. The number of aryl methyl sites for hydroxylation is 2. The van der Waals surface area contributed by atoms with Gasteiger partial charge in [-0.15, -0.1) is 11.3 Å². The molecule has 0 unspecified atom stereocenters. The Kier molecular flexibility index (Phi) is 6.39. The van der Waals surface area contributed by atoms with Crippen LogP contribution < -0.4 is 0 Å². The number of carbonyl (C=O) groups is 1. The van der Waals surface area contributed by atoms with Crippen molar-refractivity contribution in [2.75, 3.05) is 26.2 Å². The Morgan fingerprint density at radius 3 is 2.43 bits per heavy atom. The molecule has 2 aromatic heterocycles. The molecule has 1 aliphatic heterocycles. The molecular formula is C24H22Cl2N4O3S2. The zero-order chi connectivity index (χ0) is 24.9. The van der Waals surface area contributed by atoms with Gasteiger partial charge in [0.05, 0.1) is 21.3 Å². The standard InChI is InChI=1S/C24H22Cl2N4O3S2/c1-15-5-3-4-6-20(15)30-24-18(16(2)27-30)14-21(34-24)23(31)28-9-11-29(12-10-28)35(32,33)22-13-17(25)7-8-19(22)26/h3-8,13-14H,9-12H2,1-2H3. The maximum Gasteiger partial charge on any atom is 0.264 e. The van der Waals surface area contributed by atoms with Gasteiger partial charge in [-0.3, -0.25) is 4.79 Å². The highest BCUT2D eigenvalue weighted by molar-refractivity contribution is 7.89. The van der Waals surface area contributed by atoms with Crippen LogP contribution in [0.5, 0.6) is 0 Å². The van der Waals surface area contributed by atoms with E-state index in [0.29, 0.717) is 9.90 Å². The summed E-state index contributed by atoms with van der Waals surface area (Å²) < 4.78 is 29.4. The minimum absolute atomic E-state index is 0.0211. The third kappa shape index (κ3) is 4.36. The molecule has 35 heavy (non-hydrogen) atoms. The van der Waals surface area contributed by atoms with Crippen molar-refractivity contribution in [3.8, 4) is 5.69 Å². The molecule has 0 saturated carbocycles. The van der Waals surface area contributed by atoms with Crippen LogP contribution in [0.3, 0.4) is 0 Å². The molecule has 7 nitrogen and oxygen atoms in total. The fraction of sp³-hybridized carbons (Fsp3) is 0.250. The van der Waals surface area contributed by atoms with Gasteiger partial charge >= 0.3 is 0 Å². The van der Waals surface area contributed by atoms with E-state index in [1.165, 1.54) is 27.8 Å². The number of nitrogens with zero attached hydrogens (tertiary/aromatic N) is 4. The molecule has 1 saturated heterocycles. The summed E-state index contributed by atoms with van der Waals surface area (Å²) in [5.74, 6) is -0.111. The number of para-hydroxylation sites is 1. The summed E-state index contributed by atoms with van der Waals surface area (Å²) in [4.78, 5) is 16.5. The number of halogens is 2. The van der Waals surface area contributed by atoms with Crippen molar-refractivity contribution < 1.29 is 13.2 Å². The molecule has 0 atom stereocenters. The molecule has 182 valence electrons. The van der Waals surface area contributed by atoms with Crippen molar-refractivity contribution >= 4 is 60.7 Å². The first-order valence-corrected chi connectivity index (χ1v) is 14.0. The predicted molar refractivity (Wildman–Crippen MR) is 140 cm³/mol. The number of thiophene rings is 1. The molecule has 0 spiro atoms. The van der Waals surface area contributed by atoms with E-state index < -0.39 is 10.0 Å². The number of benzene rings is 2. The maximum absolute atomic E-state index is 13.3. The van der Waals surface area contributed by atoms with Crippen LogP contribution in [0.25, 0.3) is 15.9 Å². The summed E-state index contributed by atoms with van der Waals surface area (Å²) in [5, 5.41) is 6.04. The minimum atomic E-state index is -3.82. The number of piperazine rings is 1. The lowest BCUT2D eigenvalue weighted by atomic mass is 10.2. The number of hydrogen-bond donors (Lipinski definition) is 0. The smallest absolute Gasteiger partial charge is 0.264 e. The topological polar surface area (TPSA) is 75.5 Å². The average Bonchev–Trinajstić information content (AvgIpc) is 3.41. The van der Waals surface area contributed by atoms with Crippen LogP contribution in [-0.4, -0.2) is 59.5 Å². The largest absolute Gasteiger partial charge is 0.335 e. The van der Waals surface area contributed by atoms with Gasteiger partial charge in [-0.05, 0) is 49.7 Å². The Labute approximate surface area is 217 Å². The molecule has 5 rings (SSSR count). The zero-order valence-electron chi connectivity index (χ0n) is 19.0. The number of fused-ring (bicyclic) bond motifs is 1. The van der Waals surface area contributed by atoms with Gasteiger partial charge in [0.15, 0.2) is 0 Å². The summed E-state index contributed by atoms with van der Waals surface area (Å²) in [5.41, 5.74) is 2.92. The van der Waals surface area contributed by atoms with E-state index in [1.54, 1.807) is 11.0 Å². The first-order chi connectivity index (χ1) is 16.7. The average molecular weight is 550 g/mol. The molecule has 11 heteroatoms. The van der Waals surface area contributed by atoms with Gasteiger partial charge in [0.2, 0.25) is 10.0 Å². The lowest BCUT2D eigenvalue weighted by molar-refractivity contribution is 0.0703. The molecule has 2 aromatic carbocycles. The van der Waals surface area contributed by atoms with Crippen LogP contribution in [0.15, 0.2) is 53.4 Å². The Morgan fingerprint density at radius 2 is 1.71 bits per heavy atom. The molecule has 1 fully saturated rings. The van der Waals surface area contributed by atoms with E-state index in [-0.39, 0.29) is 42.0 Å². The van der Waals surface area contributed by atoms with E-state index in [4.69, 9.17) is 23.2 Å². The molecule has 0 aliphatic carbocycles. The monoisotopic (exact) mass is 548 g/mol. The summed E-state index contributed by atoms with van der Waals surface area (Å²) in [6, 6.07) is 14.2. The normalized spacial score (nSPS) is 15.1. The van der Waals surface area contributed by atoms with Crippen LogP contribution in [0.2, 0.25) is 10.0 Å². The Bertz CT molecular complexity index is 1550. The van der Waals surface area contributed by atoms with E-state index in [1.807, 2.05) is 48.9 Å². The molecular weight excluding hydrogens is 527 g/mol. The van der Waals surface area contributed by atoms with Crippen LogP contribution in [-0.2, 0) is 10.0 Å². The van der Waals surface area contributed by atoms with Gasteiger partial charge in [-0.2, -0.15) is 9.40 Å². The minimum Gasteiger partial charge on any atom is -0.335 e. The highest BCUT2D eigenvalue weighted by Gasteiger charge is 2.32. The van der Waals surface area contributed by atoms with Gasteiger partial charge in [0, 0.05) is 36.6 Å². The van der Waals surface area contributed by atoms with Crippen molar-refractivity contribution in [1.29, 1.82) is 0 Å². The molecule has 0 bridgehead atoms. The molecule has 1 amide bonds. The summed E-state index contributed by atoms with van der Waals surface area (Å²) in [6.07, 6.45) is 0. The maximum atomic E-state index is 13.3. The SMILES string of the molecule is Cc1ccccc1-n1nc(C)c2cc(C(=O)N3CCN(S(=O)(=O)c4cc(Cl)ccc4Cl)CC3)sc21. The second-order valence-electron chi connectivity index (χ2n) is 8.38. The van der Waals surface area contributed by atoms with Crippen LogP contribution in [0.4, 0.5) is 0 Å². The van der Waals surface area contributed by atoms with Crippen molar-refractivity contribution in [3.05, 3.63) is 74.7 Å². The molecule has 0 radical (unpaired) electrons. The highest BCUT2D eigenvalue weighted by atomic mass is 35.5. The second-order valence-corrected chi connectivity index (χ2v) is 12.2. The lowest BCUT2D eigenvalue weighted by Gasteiger charge is -2.34. The summed E-state index contributed by atoms with van der Waals surface area (Å²) in [6.45, 7) is 4.89. The number of carbonyl (C=O) groups excluding carboxylic acids is 1. The van der Waals surface area contributed by atoms with E-state index in [2.05, 4.69) is 5.10 Å². The molecule has 3 heterocycles. The van der Waals surface area contributed by atoms with E-state index in [9.17, 15) is 13.2 Å². The Balaban J connectivity index is 1.36. The molecule has 4 aromatic rings. The van der Waals surface area contributed by atoms with Crippen molar-refractivity contribution in [3.63, 3.8) is 0 Å². The van der Waals surface area contributed by atoms with Crippen molar-refractivity contribution in [1.82, 2.24) is 19.0 Å². The lowest BCUT2D eigenvalue weighted by Crippen LogP contribution is -2.50. The van der Waals surface area contributed by atoms with Crippen molar-refractivity contribution in [2.24, 2.45) is 0 Å². The second kappa shape index (κ2) is 9.22. The quantitative estimate of drug-likeness (QED) is 0.353. The fourth-order valence-electron chi connectivity index (χ4n) is 4.22. The predicted octanol–water partition coefficient (Wildman–Crippen LogP) is 5.16. The number of aromatic nitrogens is 2. The van der Waals surface area contributed by atoms with Gasteiger partial charge in [-0.1, -0.05) is 41.4 Å². The number of sulfonamides is 1. The van der Waals surface area contributed by atoms with Crippen LogP contribution >= 0.6 is 34.5 Å². The Morgan fingerprint density at radius 1 is 1.00 bits per heavy atom. The van der Waals surface area contributed by atoms with Gasteiger partial charge in [-0.25, -0.2) is 13.1 Å². The third-order valence-corrected chi connectivity index (χ3v) is 9.85. The van der Waals surface area contributed by atoms with E-state index >= 15 is 0 Å². The number of hydrogen-bond acceptors (Lipinski definition) is 5. The fourth-order valence-corrected chi connectivity index (χ4v) is 7.52. The highest BCUT2D eigenvalue weighted by Crippen LogP contribution is 2.33. The zero-order valence-corrected chi connectivity index (χ0v) is 22.2. The van der Waals surface area contributed by atoms with Gasteiger partial charge < -0.3 is 4.90 Å². The first-order valence-electron chi connectivity index (χ1n) is 11.0. The van der Waals surface area contributed by atoms with Crippen molar-refractivity contribution in [2.45, 2.75) is 18.7 Å².